The molecule has 1 fully saturated rings. The van der Waals surface area contributed by atoms with Gasteiger partial charge in [0.15, 0.2) is 0 Å². The Morgan fingerprint density at radius 1 is 1.25 bits per heavy atom. The van der Waals surface area contributed by atoms with E-state index in [2.05, 4.69) is 17.6 Å². The van der Waals surface area contributed by atoms with Crippen LogP contribution in [-0.4, -0.2) is 26.0 Å². The molecule has 1 aliphatic rings. The van der Waals surface area contributed by atoms with Crippen LogP contribution < -0.4 is 10.6 Å². The SMILES string of the molecule is CNC(=O)CCCNCC1(C)CCCCC1. The van der Waals surface area contributed by atoms with Gasteiger partial charge in [0.25, 0.3) is 0 Å². The molecule has 0 bridgehead atoms. The molecule has 0 saturated heterocycles. The summed E-state index contributed by atoms with van der Waals surface area (Å²) in [6.07, 6.45) is 8.47. The molecule has 1 aliphatic carbocycles. The predicted molar refractivity (Wildman–Crippen MR) is 67.4 cm³/mol. The summed E-state index contributed by atoms with van der Waals surface area (Å²) in [5.41, 5.74) is 0.505. The normalized spacial score (nSPS) is 19.4. The smallest absolute Gasteiger partial charge is 0.219 e. The Labute approximate surface area is 99.4 Å². The molecule has 1 rings (SSSR count). The van der Waals surface area contributed by atoms with Crippen molar-refractivity contribution in [1.82, 2.24) is 10.6 Å². The second-order valence-corrected chi connectivity index (χ2v) is 5.32. The van der Waals surface area contributed by atoms with Crippen molar-refractivity contribution in [3.8, 4) is 0 Å². The van der Waals surface area contributed by atoms with Crippen LogP contribution in [0.1, 0.15) is 51.9 Å². The second-order valence-electron chi connectivity index (χ2n) is 5.32. The van der Waals surface area contributed by atoms with Gasteiger partial charge in [0, 0.05) is 20.0 Å². The highest BCUT2D eigenvalue weighted by atomic mass is 16.1. The molecule has 0 aromatic rings. The second kappa shape index (κ2) is 6.89. The summed E-state index contributed by atoms with van der Waals surface area (Å²) in [5, 5.41) is 6.14. The molecule has 0 aromatic carbocycles. The molecular weight excluding hydrogens is 200 g/mol. The van der Waals surface area contributed by atoms with Crippen molar-refractivity contribution < 1.29 is 4.79 Å². The first-order valence-electron chi connectivity index (χ1n) is 6.58. The summed E-state index contributed by atoms with van der Waals surface area (Å²) < 4.78 is 0. The Balaban J connectivity index is 2.03. The number of amides is 1. The molecule has 2 N–H and O–H groups in total. The lowest BCUT2D eigenvalue weighted by Gasteiger charge is -2.33. The van der Waals surface area contributed by atoms with Crippen molar-refractivity contribution in [1.29, 1.82) is 0 Å². The highest BCUT2D eigenvalue weighted by Gasteiger charge is 2.25. The first-order valence-corrected chi connectivity index (χ1v) is 6.58. The van der Waals surface area contributed by atoms with Crippen LogP contribution in [0.2, 0.25) is 0 Å². The monoisotopic (exact) mass is 226 g/mol. The van der Waals surface area contributed by atoms with Crippen LogP contribution in [0.25, 0.3) is 0 Å². The van der Waals surface area contributed by atoms with E-state index in [9.17, 15) is 4.79 Å². The molecule has 0 heterocycles. The molecule has 0 radical (unpaired) electrons. The van der Waals surface area contributed by atoms with Crippen LogP contribution in [0.5, 0.6) is 0 Å². The zero-order valence-corrected chi connectivity index (χ0v) is 10.8. The first-order chi connectivity index (χ1) is 7.66. The molecule has 0 aromatic heterocycles. The van der Waals surface area contributed by atoms with E-state index >= 15 is 0 Å². The maximum Gasteiger partial charge on any atom is 0.219 e. The molecule has 0 spiro atoms. The third-order valence-electron chi connectivity index (χ3n) is 3.65. The van der Waals surface area contributed by atoms with Gasteiger partial charge in [-0.1, -0.05) is 26.2 Å². The third kappa shape index (κ3) is 4.97. The van der Waals surface area contributed by atoms with Crippen LogP contribution >= 0.6 is 0 Å². The van der Waals surface area contributed by atoms with Gasteiger partial charge in [0.2, 0.25) is 5.91 Å². The Bertz CT molecular complexity index is 210. The highest BCUT2D eigenvalue weighted by molar-refractivity contribution is 5.75. The quantitative estimate of drug-likeness (QED) is 0.681. The first kappa shape index (κ1) is 13.5. The summed E-state index contributed by atoms with van der Waals surface area (Å²) in [4.78, 5) is 11.0. The van der Waals surface area contributed by atoms with Crippen LogP contribution in [0.15, 0.2) is 0 Å². The van der Waals surface area contributed by atoms with Crippen molar-refractivity contribution in [2.75, 3.05) is 20.1 Å². The van der Waals surface area contributed by atoms with E-state index in [4.69, 9.17) is 0 Å². The molecule has 3 heteroatoms. The van der Waals surface area contributed by atoms with Gasteiger partial charge < -0.3 is 10.6 Å². The van der Waals surface area contributed by atoms with Gasteiger partial charge in [-0.25, -0.2) is 0 Å². The van der Waals surface area contributed by atoms with Crippen LogP contribution in [0, 0.1) is 5.41 Å². The maximum absolute atomic E-state index is 11.0. The van der Waals surface area contributed by atoms with Crippen molar-refractivity contribution in [3.63, 3.8) is 0 Å². The third-order valence-corrected chi connectivity index (χ3v) is 3.65. The van der Waals surface area contributed by atoms with E-state index in [1.807, 2.05) is 0 Å². The molecule has 1 amide bonds. The average Bonchev–Trinajstić information content (AvgIpc) is 2.29. The van der Waals surface area contributed by atoms with Crippen molar-refractivity contribution >= 4 is 5.91 Å². The number of carbonyl (C=O) groups excluding carboxylic acids is 1. The van der Waals surface area contributed by atoms with Gasteiger partial charge in [0.05, 0.1) is 0 Å². The van der Waals surface area contributed by atoms with Gasteiger partial charge >= 0.3 is 0 Å². The highest BCUT2D eigenvalue weighted by Crippen LogP contribution is 2.34. The zero-order chi connectivity index (χ0) is 11.9. The van der Waals surface area contributed by atoms with E-state index in [1.54, 1.807) is 7.05 Å². The topological polar surface area (TPSA) is 41.1 Å². The molecule has 1 saturated carbocycles. The minimum absolute atomic E-state index is 0.144. The summed E-state index contributed by atoms with van der Waals surface area (Å²) in [5.74, 6) is 0.144. The van der Waals surface area contributed by atoms with Gasteiger partial charge in [0.1, 0.15) is 0 Å². The Morgan fingerprint density at radius 2 is 1.94 bits per heavy atom. The van der Waals surface area contributed by atoms with E-state index in [0.717, 1.165) is 19.5 Å². The molecule has 3 nitrogen and oxygen atoms in total. The fourth-order valence-electron chi connectivity index (χ4n) is 2.47. The minimum atomic E-state index is 0.144. The minimum Gasteiger partial charge on any atom is -0.359 e. The van der Waals surface area contributed by atoms with Gasteiger partial charge in [-0.15, -0.1) is 0 Å². The van der Waals surface area contributed by atoms with E-state index in [1.165, 1.54) is 32.1 Å². The predicted octanol–water partition coefficient (Wildman–Crippen LogP) is 2.07. The average molecular weight is 226 g/mol. The zero-order valence-electron chi connectivity index (χ0n) is 10.8. The molecule has 0 aliphatic heterocycles. The Morgan fingerprint density at radius 3 is 2.56 bits per heavy atom. The van der Waals surface area contributed by atoms with Crippen molar-refractivity contribution in [2.24, 2.45) is 5.41 Å². The fourth-order valence-corrected chi connectivity index (χ4v) is 2.47. The number of rotatable bonds is 6. The summed E-state index contributed by atoms with van der Waals surface area (Å²) in [6.45, 7) is 4.46. The lowest BCUT2D eigenvalue weighted by atomic mass is 9.76. The standard InChI is InChI=1S/C13H26N2O/c1-13(8-4-3-5-9-13)11-15-10-6-7-12(16)14-2/h15H,3-11H2,1-2H3,(H,14,16). The lowest BCUT2D eigenvalue weighted by molar-refractivity contribution is -0.120. The number of nitrogens with one attached hydrogen (secondary N) is 2. The lowest BCUT2D eigenvalue weighted by Crippen LogP contribution is -2.34. The number of hydrogen-bond acceptors (Lipinski definition) is 2. The molecule has 0 unspecified atom stereocenters. The van der Waals surface area contributed by atoms with E-state index in [0.29, 0.717) is 11.8 Å². The van der Waals surface area contributed by atoms with Gasteiger partial charge in [-0.2, -0.15) is 0 Å². The summed E-state index contributed by atoms with van der Waals surface area (Å²) in [7, 11) is 1.69. The number of hydrogen-bond donors (Lipinski definition) is 2. The van der Waals surface area contributed by atoms with Crippen molar-refractivity contribution in [3.05, 3.63) is 0 Å². The van der Waals surface area contributed by atoms with Crippen LogP contribution in [0.3, 0.4) is 0 Å². The molecule has 16 heavy (non-hydrogen) atoms. The van der Waals surface area contributed by atoms with Gasteiger partial charge in [-0.05, 0) is 31.2 Å². The van der Waals surface area contributed by atoms with E-state index < -0.39 is 0 Å². The number of carbonyl (C=O) groups is 1. The molecular formula is C13H26N2O. The maximum atomic E-state index is 11.0. The van der Waals surface area contributed by atoms with Gasteiger partial charge in [-0.3, -0.25) is 4.79 Å². The molecule has 0 atom stereocenters. The van der Waals surface area contributed by atoms with E-state index in [-0.39, 0.29) is 5.91 Å². The Hall–Kier alpha value is -0.570. The summed E-state index contributed by atoms with van der Waals surface area (Å²) >= 11 is 0. The van der Waals surface area contributed by atoms with Crippen molar-refractivity contribution in [2.45, 2.75) is 51.9 Å². The largest absolute Gasteiger partial charge is 0.359 e. The van der Waals surface area contributed by atoms with Crippen LogP contribution in [-0.2, 0) is 4.79 Å². The fraction of sp³-hybridized carbons (Fsp3) is 0.923. The van der Waals surface area contributed by atoms with Crippen LogP contribution in [0.4, 0.5) is 0 Å². The summed E-state index contributed by atoms with van der Waals surface area (Å²) in [6, 6.07) is 0. The molecule has 94 valence electrons. The Kier molecular flexibility index (Phi) is 5.81.